The lowest BCUT2D eigenvalue weighted by Gasteiger charge is -2.19. The Bertz CT molecular complexity index is 835. The number of phenols is 3. The molecule has 0 unspecified atom stereocenters. The zero-order chi connectivity index (χ0) is 15.3. The smallest absolute Gasteiger partial charge is 0.201 e. The number of benzene rings is 2. The van der Waals surface area contributed by atoms with E-state index >= 15 is 0 Å². The number of rotatable bonds is 1. The summed E-state index contributed by atoms with van der Waals surface area (Å²) in [4.78, 5) is 35.5. The van der Waals surface area contributed by atoms with Gasteiger partial charge >= 0.3 is 0 Å². The Hall–Kier alpha value is -3.15. The van der Waals surface area contributed by atoms with Crippen LogP contribution in [0.3, 0.4) is 0 Å². The fourth-order valence-corrected chi connectivity index (χ4v) is 2.43. The molecule has 1 aliphatic rings. The Balaban J connectivity index is 2.38. The van der Waals surface area contributed by atoms with E-state index in [2.05, 4.69) is 0 Å². The summed E-state index contributed by atoms with van der Waals surface area (Å²) in [5, 5.41) is 29.1. The van der Waals surface area contributed by atoms with Gasteiger partial charge in [0.1, 0.15) is 23.5 Å². The van der Waals surface area contributed by atoms with Crippen LogP contribution in [0.5, 0.6) is 17.2 Å². The van der Waals surface area contributed by atoms with E-state index in [1.165, 1.54) is 6.07 Å². The van der Waals surface area contributed by atoms with Crippen molar-refractivity contribution in [1.82, 2.24) is 0 Å². The fourth-order valence-electron chi connectivity index (χ4n) is 2.43. The van der Waals surface area contributed by atoms with Gasteiger partial charge in [0.15, 0.2) is 5.78 Å². The molecule has 2 aromatic rings. The molecule has 6 nitrogen and oxygen atoms in total. The maximum Gasteiger partial charge on any atom is 0.201 e. The maximum atomic E-state index is 12.4. The highest BCUT2D eigenvalue weighted by atomic mass is 16.3. The van der Waals surface area contributed by atoms with E-state index in [0.717, 1.165) is 18.2 Å². The summed E-state index contributed by atoms with van der Waals surface area (Å²) in [6, 6.07) is 4.25. The van der Waals surface area contributed by atoms with E-state index in [4.69, 9.17) is 0 Å². The minimum absolute atomic E-state index is 0.0419. The van der Waals surface area contributed by atoms with Gasteiger partial charge in [0.05, 0.1) is 11.1 Å². The van der Waals surface area contributed by atoms with Crippen LogP contribution in [0.15, 0.2) is 24.3 Å². The van der Waals surface area contributed by atoms with Crippen molar-refractivity contribution < 1.29 is 29.7 Å². The van der Waals surface area contributed by atoms with Gasteiger partial charge in [0.25, 0.3) is 0 Å². The predicted molar refractivity (Wildman–Crippen MR) is 70.1 cm³/mol. The standard InChI is InChI=1S/C15H8O6/c16-5-6-1-8-12(10(18)2-6)15(21)13-9(14(8)20)3-7(17)4-11(13)19/h1-5,17-19H. The monoisotopic (exact) mass is 284 g/mol. The van der Waals surface area contributed by atoms with E-state index < -0.39 is 23.1 Å². The second-order valence-corrected chi connectivity index (χ2v) is 4.63. The van der Waals surface area contributed by atoms with Crippen LogP contribution in [0.4, 0.5) is 0 Å². The Morgan fingerprint density at radius 2 is 1.33 bits per heavy atom. The first-order valence-corrected chi connectivity index (χ1v) is 5.91. The quantitative estimate of drug-likeness (QED) is 0.582. The maximum absolute atomic E-state index is 12.4. The molecule has 0 aliphatic heterocycles. The predicted octanol–water partition coefficient (Wildman–Crippen LogP) is 1.39. The van der Waals surface area contributed by atoms with Crippen LogP contribution in [0.25, 0.3) is 0 Å². The minimum atomic E-state index is -0.743. The number of ketones is 2. The largest absolute Gasteiger partial charge is 0.508 e. The first-order chi connectivity index (χ1) is 9.93. The lowest BCUT2D eigenvalue weighted by atomic mass is 9.82. The highest BCUT2D eigenvalue weighted by molar-refractivity contribution is 6.30. The summed E-state index contributed by atoms with van der Waals surface area (Å²) in [5.74, 6) is -2.83. The molecule has 0 atom stereocenters. The number of hydrogen-bond acceptors (Lipinski definition) is 6. The van der Waals surface area contributed by atoms with E-state index in [-0.39, 0.29) is 33.6 Å². The second kappa shape index (κ2) is 4.17. The molecule has 1 aliphatic carbocycles. The summed E-state index contributed by atoms with van der Waals surface area (Å²) in [5.41, 5.74) is -0.814. The number of hydrogen-bond donors (Lipinski definition) is 3. The van der Waals surface area contributed by atoms with Crippen LogP contribution in [0.2, 0.25) is 0 Å². The van der Waals surface area contributed by atoms with Gasteiger partial charge in [0.2, 0.25) is 5.78 Å². The second-order valence-electron chi connectivity index (χ2n) is 4.63. The van der Waals surface area contributed by atoms with Gasteiger partial charge in [-0.2, -0.15) is 0 Å². The Morgan fingerprint density at radius 1 is 0.762 bits per heavy atom. The van der Waals surface area contributed by atoms with Crippen molar-refractivity contribution in [2.45, 2.75) is 0 Å². The van der Waals surface area contributed by atoms with Crippen molar-refractivity contribution in [3.8, 4) is 17.2 Å². The van der Waals surface area contributed by atoms with Crippen LogP contribution in [-0.2, 0) is 0 Å². The van der Waals surface area contributed by atoms with Gasteiger partial charge < -0.3 is 15.3 Å². The molecule has 0 spiro atoms. The van der Waals surface area contributed by atoms with Crippen molar-refractivity contribution in [2.24, 2.45) is 0 Å². The summed E-state index contributed by atoms with van der Waals surface area (Å²) in [7, 11) is 0. The third-order valence-electron chi connectivity index (χ3n) is 3.32. The molecule has 21 heavy (non-hydrogen) atoms. The zero-order valence-electron chi connectivity index (χ0n) is 10.5. The normalized spacial score (nSPS) is 12.8. The molecule has 3 rings (SSSR count). The van der Waals surface area contributed by atoms with E-state index in [1.54, 1.807) is 0 Å². The number of aromatic hydroxyl groups is 3. The SMILES string of the molecule is O=Cc1cc(O)c2c(c1)C(=O)c1cc(O)cc(O)c1C2=O. The lowest BCUT2D eigenvalue weighted by molar-refractivity contribution is 0.0973. The molecule has 104 valence electrons. The van der Waals surface area contributed by atoms with Crippen molar-refractivity contribution in [3.05, 3.63) is 52.1 Å². The molecule has 0 bridgehead atoms. The Labute approximate surface area is 117 Å². The average molecular weight is 284 g/mol. The third kappa shape index (κ3) is 1.69. The highest BCUT2D eigenvalue weighted by Gasteiger charge is 2.35. The van der Waals surface area contributed by atoms with Gasteiger partial charge in [-0.15, -0.1) is 0 Å². The molecule has 0 heterocycles. The fraction of sp³-hybridized carbons (Fsp3) is 0. The molecule has 2 aromatic carbocycles. The molecule has 0 saturated carbocycles. The summed E-state index contributed by atoms with van der Waals surface area (Å²) in [6.45, 7) is 0. The molecule has 0 saturated heterocycles. The van der Waals surface area contributed by atoms with Crippen LogP contribution in [0, 0.1) is 0 Å². The van der Waals surface area contributed by atoms with Gasteiger partial charge in [-0.05, 0) is 18.2 Å². The Kier molecular flexibility index (Phi) is 2.56. The van der Waals surface area contributed by atoms with E-state index in [0.29, 0.717) is 6.29 Å². The van der Waals surface area contributed by atoms with Crippen molar-refractivity contribution >= 4 is 17.9 Å². The number of fused-ring (bicyclic) bond motifs is 2. The highest BCUT2D eigenvalue weighted by Crippen LogP contribution is 2.38. The minimum Gasteiger partial charge on any atom is -0.508 e. The van der Waals surface area contributed by atoms with Crippen molar-refractivity contribution in [3.63, 3.8) is 0 Å². The van der Waals surface area contributed by atoms with Gasteiger partial charge in [-0.25, -0.2) is 0 Å². The molecule has 0 radical (unpaired) electrons. The molecule has 0 aromatic heterocycles. The lowest BCUT2D eigenvalue weighted by Crippen LogP contribution is -2.21. The average Bonchev–Trinajstić information content (AvgIpc) is 2.43. The van der Waals surface area contributed by atoms with Crippen LogP contribution < -0.4 is 0 Å². The Morgan fingerprint density at radius 3 is 1.95 bits per heavy atom. The number of aldehydes is 1. The first kappa shape index (κ1) is 12.9. The van der Waals surface area contributed by atoms with Gasteiger partial charge in [-0.1, -0.05) is 0 Å². The molecule has 0 amide bonds. The number of phenolic OH excluding ortho intramolecular Hbond substituents is 3. The molecule has 6 heteroatoms. The molecular weight excluding hydrogens is 276 g/mol. The topological polar surface area (TPSA) is 112 Å². The van der Waals surface area contributed by atoms with Crippen LogP contribution in [0.1, 0.15) is 42.2 Å². The summed E-state index contributed by atoms with van der Waals surface area (Å²) in [6.07, 6.45) is 0.438. The van der Waals surface area contributed by atoms with Gasteiger partial charge in [0, 0.05) is 22.8 Å². The summed E-state index contributed by atoms with van der Waals surface area (Å²) < 4.78 is 0. The third-order valence-corrected chi connectivity index (χ3v) is 3.32. The number of carbonyl (C=O) groups excluding carboxylic acids is 3. The summed E-state index contributed by atoms with van der Waals surface area (Å²) >= 11 is 0. The van der Waals surface area contributed by atoms with E-state index in [1.807, 2.05) is 0 Å². The molecule has 0 fully saturated rings. The van der Waals surface area contributed by atoms with Crippen LogP contribution >= 0.6 is 0 Å². The van der Waals surface area contributed by atoms with Crippen LogP contribution in [-0.4, -0.2) is 33.2 Å². The van der Waals surface area contributed by atoms with Gasteiger partial charge in [-0.3, -0.25) is 14.4 Å². The molecule has 3 N–H and O–H groups in total. The first-order valence-electron chi connectivity index (χ1n) is 5.91. The molecular formula is C15H8O6. The van der Waals surface area contributed by atoms with Crippen molar-refractivity contribution in [1.29, 1.82) is 0 Å². The zero-order valence-corrected chi connectivity index (χ0v) is 10.5. The van der Waals surface area contributed by atoms with E-state index in [9.17, 15) is 29.7 Å². The number of carbonyl (C=O) groups is 3. The van der Waals surface area contributed by atoms with Crippen molar-refractivity contribution in [2.75, 3.05) is 0 Å².